The number of hydrogen-bond donors (Lipinski definition) is 1. The van der Waals surface area contributed by atoms with Crippen molar-refractivity contribution in [1.29, 1.82) is 0 Å². The fraction of sp³-hybridized carbons (Fsp3) is 0.600. The van der Waals surface area contributed by atoms with Crippen LogP contribution in [-0.2, 0) is 35.1 Å². The number of benzene rings is 1. The van der Waals surface area contributed by atoms with Crippen LogP contribution in [0.3, 0.4) is 0 Å². The van der Waals surface area contributed by atoms with E-state index in [1.54, 1.807) is 6.92 Å². The molecule has 1 aromatic carbocycles. The van der Waals surface area contributed by atoms with Gasteiger partial charge in [0.25, 0.3) is 0 Å². The van der Waals surface area contributed by atoms with E-state index in [0.717, 1.165) is 36.8 Å². The molecule has 1 saturated heterocycles. The molecule has 2 unspecified atom stereocenters. The topological polar surface area (TPSA) is 98.8 Å². The Bertz CT molecular complexity index is 824. The molecule has 1 aliphatic heterocycles. The Labute approximate surface area is 189 Å². The fourth-order valence-corrected chi connectivity index (χ4v) is 4.93. The summed E-state index contributed by atoms with van der Waals surface area (Å²) >= 11 is 0. The highest BCUT2D eigenvalue weighted by molar-refractivity contribution is 5.98. The third kappa shape index (κ3) is 6.17. The molecule has 1 heterocycles. The highest BCUT2D eigenvalue weighted by atomic mass is 16.6. The summed E-state index contributed by atoms with van der Waals surface area (Å²) < 4.78 is 10.7. The standard InChI is InChI=1S/C25H33NO6/c1-3-31-23(29)15-22(28)26-17(2)19-10-8-18(9-11-19)12-13-25(20-6-4-5-7-20)16-21(27)14-24(30)32-25/h8-11,17,20H,3-7,12-16H2,1-2H3,(H,26,28). The van der Waals surface area contributed by atoms with Gasteiger partial charge in [-0.15, -0.1) is 0 Å². The number of rotatable bonds is 9. The number of Topliss-reactive ketones (excluding diaryl/α,β-unsaturated/α-hetero) is 1. The van der Waals surface area contributed by atoms with Gasteiger partial charge >= 0.3 is 11.9 Å². The van der Waals surface area contributed by atoms with E-state index >= 15 is 0 Å². The normalized spacial score (nSPS) is 22.3. The summed E-state index contributed by atoms with van der Waals surface area (Å²) in [6.45, 7) is 3.81. The van der Waals surface area contributed by atoms with Gasteiger partial charge in [0, 0.05) is 6.42 Å². The molecule has 0 aromatic heterocycles. The maximum atomic E-state index is 12.2. The first-order chi connectivity index (χ1) is 15.3. The Morgan fingerprint density at radius 2 is 1.88 bits per heavy atom. The molecular weight excluding hydrogens is 410 g/mol. The Hall–Kier alpha value is -2.70. The molecule has 2 aliphatic rings. The van der Waals surface area contributed by atoms with Crippen molar-refractivity contribution in [3.8, 4) is 0 Å². The molecule has 7 heteroatoms. The Balaban J connectivity index is 1.59. The number of carbonyl (C=O) groups is 4. The van der Waals surface area contributed by atoms with Crippen molar-refractivity contribution >= 4 is 23.6 Å². The average Bonchev–Trinajstić information content (AvgIpc) is 3.27. The highest BCUT2D eigenvalue weighted by Crippen LogP contribution is 2.43. The van der Waals surface area contributed by atoms with Crippen molar-refractivity contribution in [3.63, 3.8) is 0 Å². The number of aryl methyl sites for hydroxylation is 1. The number of ketones is 1. The summed E-state index contributed by atoms with van der Waals surface area (Å²) in [6.07, 6.45) is 5.51. The van der Waals surface area contributed by atoms with Crippen LogP contribution in [0.1, 0.15) is 82.4 Å². The SMILES string of the molecule is CCOC(=O)CC(=O)NC(C)c1ccc(CCC2(C3CCCC3)CC(=O)CC(=O)O2)cc1. The van der Waals surface area contributed by atoms with Gasteiger partial charge in [-0.1, -0.05) is 37.1 Å². The minimum Gasteiger partial charge on any atom is -0.466 e. The van der Waals surface area contributed by atoms with E-state index in [1.807, 2.05) is 31.2 Å². The van der Waals surface area contributed by atoms with E-state index < -0.39 is 17.5 Å². The minimum absolute atomic E-state index is 0.0177. The monoisotopic (exact) mass is 443 g/mol. The molecule has 1 aromatic rings. The van der Waals surface area contributed by atoms with E-state index in [4.69, 9.17) is 9.47 Å². The summed E-state index contributed by atoms with van der Waals surface area (Å²) in [5.41, 5.74) is 1.34. The third-order valence-electron chi connectivity index (χ3n) is 6.56. The molecule has 1 N–H and O–H groups in total. The van der Waals surface area contributed by atoms with Crippen molar-refractivity contribution in [2.75, 3.05) is 6.61 Å². The molecule has 1 amide bonds. The smallest absolute Gasteiger partial charge is 0.315 e. The number of nitrogens with one attached hydrogen (secondary N) is 1. The van der Waals surface area contributed by atoms with Crippen molar-refractivity contribution in [2.24, 2.45) is 5.92 Å². The van der Waals surface area contributed by atoms with Gasteiger partial charge in [0.1, 0.15) is 24.2 Å². The predicted octanol–water partition coefficient (Wildman–Crippen LogP) is 3.58. The lowest BCUT2D eigenvalue weighted by molar-refractivity contribution is -0.178. The molecule has 0 bridgehead atoms. The zero-order valence-electron chi connectivity index (χ0n) is 19.0. The lowest BCUT2D eigenvalue weighted by Gasteiger charge is -2.41. The lowest BCUT2D eigenvalue weighted by atomic mass is 9.76. The molecule has 2 fully saturated rings. The Morgan fingerprint density at radius 3 is 2.50 bits per heavy atom. The zero-order chi connectivity index (χ0) is 23.1. The molecule has 0 spiro atoms. The zero-order valence-corrected chi connectivity index (χ0v) is 19.0. The van der Waals surface area contributed by atoms with Crippen LogP contribution in [0.15, 0.2) is 24.3 Å². The number of esters is 2. The van der Waals surface area contributed by atoms with Gasteiger partial charge < -0.3 is 14.8 Å². The van der Waals surface area contributed by atoms with Gasteiger partial charge in [-0.2, -0.15) is 0 Å². The van der Waals surface area contributed by atoms with Crippen LogP contribution >= 0.6 is 0 Å². The molecule has 2 atom stereocenters. The second-order valence-corrected chi connectivity index (χ2v) is 8.93. The van der Waals surface area contributed by atoms with E-state index in [2.05, 4.69) is 5.32 Å². The number of amides is 1. The van der Waals surface area contributed by atoms with Crippen LogP contribution in [-0.4, -0.2) is 35.8 Å². The van der Waals surface area contributed by atoms with Gasteiger partial charge in [0.15, 0.2) is 0 Å². The van der Waals surface area contributed by atoms with E-state index in [-0.39, 0.29) is 43.1 Å². The predicted molar refractivity (Wildman–Crippen MR) is 118 cm³/mol. The Kier molecular flexibility index (Phi) is 8.04. The summed E-state index contributed by atoms with van der Waals surface area (Å²) in [5.74, 6) is -1.07. The van der Waals surface area contributed by atoms with Crippen LogP contribution in [0.2, 0.25) is 0 Å². The molecular formula is C25H33NO6. The quantitative estimate of drug-likeness (QED) is 0.463. The number of cyclic esters (lactones) is 1. The molecule has 7 nitrogen and oxygen atoms in total. The van der Waals surface area contributed by atoms with Crippen LogP contribution in [0.4, 0.5) is 0 Å². The second kappa shape index (κ2) is 10.7. The maximum absolute atomic E-state index is 12.2. The largest absolute Gasteiger partial charge is 0.466 e. The van der Waals surface area contributed by atoms with Crippen LogP contribution in [0.25, 0.3) is 0 Å². The number of carbonyl (C=O) groups excluding carboxylic acids is 4. The number of hydrogen-bond acceptors (Lipinski definition) is 6. The van der Waals surface area contributed by atoms with E-state index in [9.17, 15) is 19.2 Å². The van der Waals surface area contributed by atoms with Gasteiger partial charge in [0.05, 0.1) is 12.6 Å². The first-order valence-corrected chi connectivity index (χ1v) is 11.6. The van der Waals surface area contributed by atoms with E-state index in [1.165, 1.54) is 0 Å². The molecule has 0 radical (unpaired) electrons. The van der Waals surface area contributed by atoms with Crippen molar-refractivity contribution in [1.82, 2.24) is 5.32 Å². The van der Waals surface area contributed by atoms with Gasteiger partial charge in [-0.25, -0.2) is 0 Å². The number of ether oxygens (including phenoxy) is 2. The molecule has 1 aliphatic carbocycles. The van der Waals surface area contributed by atoms with E-state index in [0.29, 0.717) is 19.3 Å². The first kappa shape index (κ1) is 24.0. The van der Waals surface area contributed by atoms with Gasteiger partial charge in [-0.05, 0) is 56.6 Å². The van der Waals surface area contributed by atoms with Crippen LogP contribution in [0, 0.1) is 5.92 Å². The summed E-state index contributed by atoms with van der Waals surface area (Å²) in [7, 11) is 0. The van der Waals surface area contributed by atoms with Crippen LogP contribution in [0.5, 0.6) is 0 Å². The van der Waals surface area contributed by atoms with Crippen molar-refractivity contribution in [3.05, 3.63) is 35.4 Å². The first-order valence-electron chi connectivity index (χ1n) is 11.6. The lowest BCUT2D eigenvalue weighted by Crippen LogP contribution is -2.48. The molecule has 174 valence electrons. The van der Waals surface area contributed by atoms with Crippen LogP contribution < -0.4 is 5.32 Å². The second-order valence-electron chi connectivity index (χ2n) is 8.93. The van der Waals surface area contributed by atoms with Crippen molar-refractivity contribution < 1.29 is 28.7 Å². The minimum atomic E-state index is -0.671. The summed E-state index contributed by atoms with van der Waals surface area (Å²) in [5, 5.41) is 2.81. The molecule has 1 saturated carbocycles. The van der Waals surface area contributed by atoms with Gasteiger partial charge in [-0.3, -0.25) is 19.2 Å². The maximum Gasteiger partial charge on any atom is 0.315 e. The van der Waals surface area contributed by atoms with Gasteiger partial charge in [0.2, 0.25) is 5.91 Å². The van der Waals surface area contributed by atoms with Crippen molar-refractivity contribution in [2.45, 2.75) is 83.3 Å². The fourth-order valence-electron chi connectivity index (χ4n) is 4.93. The highest BCUT2D eigenvalue weighted by Gasteiger charge is 2.47. The molecule has 32 heavy (non-hydrogen) atoms. The third-order valence-corrected chi connectivity index (χ3v) is 6.56. The summed E-state index contributed by atoms with van der Waals surface area (Å²) in [4.78, 5) is 47.7. The average molecular weight is 444 g/mol. The molecule has 3 rings (SSSR count). The summed E-state index contributed by atoms with van der Waals surface area (Å²) in [6, 6.07) is 7.65. The Morgan fingerprint density at radius 1 is 1.19 bits per heavy atom.